The third-order valence-corrected chi connectivity index (χ3v) is 14.7. The standard InChI is InChI=1S/C48H62N6O10S/c1-10-30-26-48(30,44(58)51-65(60,61)34-17-18-34)50-42(56)39-23-33(63-40-25-37(29-14-12-11-13-15-29)49-38-22-32(62-9)16-19-35(38)40)28-54(39)43(57)36(46(2,3)4)24-41(55)53-21-20-31(27-53)52(8)45(59)64-47(5,6)7/h10-16,19,22,25,30-31,33-34,36,39H,1,17-18,20-21,23-24,26-28H2,2-9H3,(H,50,56)(H,51,58)/t30?,31?,33-,36-,39+,48?/m1/s1. The minimum Gasteiger partial charge on any atom is -0.497 e. The van der Waals surface area contributed by atoms with Crippen molar-refractivity contribution >= 4 is 50.6 Å². The predicted molar refractivity (Wildman–Crippen MR) is 244 cm³/mol. The first kappa shape index (κ1) is 47.3. The molecule has 3 unspecified atom stereocenters. The number of ether oxygens (including phenoxy) is 3. The Balaban J connectivity index is 1.18. The van der Waals surface area contributed by atoms with Gasteiger partial charge in [-0.05, 0) is 64.0 Å². The van der Waals surface area contributed by atoms with Crippen molar-refractivity contribution in [1.29, 1.82) is 0 Å². The Hall–Kier alpha value is -5.71. The molecule has 2 aliphatic carbocycles. The van der Waals surface area contributed by atoms with Gasteiger partial charge in [-0.2, -0.15) is 0 Å². The fraction of sp³-hybridized carbons (Fsp3) is 0.542. The average molecular weight is 915 g/mol. The van der Waals surface area contributed by atoms with Gasteiger partial charge in [-0.15, -0.1) is 6.58 Å². The zero-order valence-corrected chi connectivity index (χ0v) is 39.4. The molecule has 2 N–H and O–H groups in total. The number of likely N-dealkylation sites (N-methyl/N-ethyl adjacent to an activating group) is 1. The maximum Gasteiger partial charge on any atom is 0.410 e. The number of methoxy groups -OCH3 is 1. The van der Waals surface area contributed by atoms with Crippen molar-refractivity contribution < 1.29 is 46.6 Å². The molecule has 7 rings (SSSR count). The molecule has 2 aliphatic heterocycles. The lowest BCUT2D eigenvalue weighted by atomic mass is 9.77. The monoisotopic (exact) mass is 914 g/mol. The van der Waals surface area contributed by atoms with E-state index in [0.717, 1.165) is 5.56 Å². The molecule has 4 fully saturated rings. The van der Waals surface area contributed by atoms with Crippen molar-refractivity contribution in [2.75, 3.05) is 33.8 Å². The number of likely N-dealkylation sites (tertiary alicyclic amines) is 2. The van der Waals surface area contributed by atoms with Gasteiger partial charge in [0, 0.05) is 62.0 Å². The summed E-state index contributed by atoms with van der Waals surface area (Å²) in [5.74, 6) is -2.60. The zero-order chi connectivity index (χ0) is 47.2. The number of fused-ring (bicyclic) bond motifs is 1. The summed E-state index contributed by atoms with van der Waals surface area (Å²) in [4.78, 5) is 80.1. The molecular weight excluding hydrogens is 853 g/mol. The van der Waals surface area contributed by atoms with Crippen LogP contribution >= 0.6 is 0 Å². The molecule has 6 atom stereocenters. The number of carbonyl (C=O) groups excluding carboxylic acids is 5. The lowest BCUT2D eigenvalue weighted by Crippen LogP contribution is -2.57. The van der Waals surface area contributed by atoms with Crippen molar-refractivity contribution in [3.63, 3.8) is 0 Å². The van der Waals surface area contributed by atoms with Gasteiger partial charge in [-0.25, -0.2) is 18.2 Å². The molecule has 2 saturated heterocycles. The highest BCUT2D eigenvalue weighted by molar-refractivity contribution is 7.91. The van der Waals surface area contributed by atoms with Crippen LogP contribution < -0.4 is 19.5 Å². The van der Waals surface area contributed by atoms with Gasteiger partial charge >= 0.3 is 6.09 Å². The molecule has 17 heteroatoms. The van der Waals surface area contributed by atoms with Gasteiger partial charge in [0.05, 0.1) is 42.1 Å². The van der Waals surface area contributed by atoms with E-state index in [2.05, 4.69) is 16.6 Å². The van der Waals surface area contributed by atoms with Crippen molar-refractivity contribution in [3.8, 4) is 22.8 Å². The minimum absolute atomic E-state index is 0.0185. The second-order valence-corrected chi connectivity index (χ2v) is 21.9. The van der Waals surface area contributed by atoms with Gasteiger partial charge in [0.2, 0.25) is 27.7 Å². The van der Waals surface area contributed by atoms with Crippen LogP contribution in [0.1, 0.15) is 80.1 Å². The van der Waals surface area contributed by atoms with Gasteiger partial charge < -0.3 is 34.2 Å². The Morgan fingerprint density at radius 2 is 1.71 bits per heavy atom. The molecule has 0 bridgehead atoms. The molecule has 16 nitrogen and oxygen atoms in total. The zero-order valence-electron chi connectivity index (χ0n) is 38.6. The van der Waals surface area contributed by atoms with Crippen LogP contribution in [0.2, 0.25) is 0 Å². The lowest BCUT2D eigenvalue weighted by Gasteiger charge is -2.36. The van der Waals surface area contributed by atoms with Crippen LogP contribution in [0.15, 0.2) is 67.3 Å². The smallest absolute Gasteiger partial charge is 0.410 e. The number of sulfonamides is 1. The summed E-state index contributed by atoms with van der Waals surface area (Å²) in [6, 6.07) is 15.4. The summed E-state index contributed by atoms with van der Waals surface area (Å²) in [5.41, 5.74) is -0.950. The van der Waals surface area contributed by atoms with E-state index in [1.807, 2.05) is 63.2 Å². The van der Waals surface area contributed by atoms with E-state index in [9.17, 15) is 27.6 Å². The molecule has 3 aromatic rings. The summed E-state index contributed by atoms with van der Waals surface area (Å²) in [6.07, 6.45) is 1.69. The molecule has 1 aromatic heterocycles. The van der Waals surface area contributed by atoms with Gasteiger partial charge in [-0.3, -0.25) is 23.9 Å². The fourth-order valence-corrected chi connectivity index (χ4v) is 10.1. The van der Waals surface area contributed by atoms with E-state index in [0.29, 0.717) is 53.9 Å². The Kier molecular flexibility index (Phi) is 13.0. The minimum atomic E-state index is -3.94. The van der Waals surface area contributed by atoms with Gasteiger partial charge in [0.25, 0.3) is 5.91 Å². The second kappa shape index (κ2) is 17.9. The number of aromatic nitrogens is 1. The predicted octanol–water partition coefficient (Wildman–Crippen LogP) is 5.45. The molecule has 4 aliphatic rings. The number of benzene rings is 2. The molecule has 2 aromatic carbocycles. The largest absolute Gasteiger partial charge is 0.497 e. The number of hydrogen-bond donors (Lipinski definition) is 2. The van der Waals surface area contributed by atoms with Crippen molar-refractivity contribution in [2.45, 2.75) is 115 Å². The van der Waals surface area contributed by atoms with E-state index in [4.69, 9.17) is 19.2 Å². The van der Waals surface area contributed by atoms with E-state index in [1.165, 1.54) is 15.9 Å². The van der Waals surface area contributed by atoms with Crippen molar-refractivity contribution in [3.05, 3.63) is 67.3 Å². The average Bonchev–Trinajstić information content (AvgIpc) is 4.14. The van der Waals surface area contributed by atoms with Crippen LogP contribution in [-0.4, -0.2) is 126 Å². The summed E-state index contributed by atoms with van der Waals surface area (Å²) in [5, 5.41) is 2.87. The maximum absolute atomic E-state index is 15.1. The number of hydrogen-bond acceptors (Lipinski definition) is 11. The number of nitrogens with one attached hydrogen (secondary N) is 2. The van der Waals surface area contributed by atoms with Crippen LogP contribution in [-0.2, 0) is 33.9 Å². The number of rotatable bonds is 14. The SMILES string of the molecule is C=CC1CC1(NC(=O)[C@@H]1C[C@@H](Oc2cc(-c3ccccc3)nc3cc(OC)ccc23)CN1C(=O)[C@@H](CC(=O)N1CCC(N(C)C(=O)OC(C)(C)C)C1)C(C)(C)C)C(=O)NS(=O)(=O)C1CC1. The third-order valence-electron chi connectivity index (χ3n) is 12.9. The van der Waals surface area contributed by atoms with E-state index < -0.39 is 79.6 Å². The van der Waals surface area contributed by atoms with E-state index in [1.54, 1.807) is 52.0 Å². The molecule has 2 saturated carbocycles. The topological polar surface area (TPSA) is 194 Å². The van der Waals surface area contributed by atoms with Gasteiger partial charge in [0.1, 0.15) is 34.8 Å². The molecule has 0 spiro atoms. The van der Waals surface area contributed by atoms with Crippen LogP contribution in [0.3, 0.4) is 0 Å². The summed E-state index contributed by atoms with van der Waals surface area (Å²) in [7, 11) is -0.721. The quantitative estimate of drug-likeness (QED) is 0.196. The number of carbonyl (C=O) groups is 5. The fourth-order valence-electron chi connectivity index (χ4n) is 8.77. The van der Waals surface area contributed by atoms with Crippen LogP contribution in [0.5, 0.6) is 11.5 Å². The number of amides is 5. The Labute approximate surface area is 381 Å². The van der Waals surface area contributed by atoms with Crippen LogP contribution in [0, 0.1) is 17.3 Å². The first-order chi connectivity index (χ1) is 30.5. The van der Waals surface area contributed by atoms with E-state index in [-0.39, 0.29) is 44.3 Å². The molecule has 65 heavy (non-hydrogen) atoms. The summed E-state index contributed by atoms with van der Waals surface area (Å²) in [6.45, 7) is 15.4. The van der Waals surface area contributed by atoms with E-state index >= 15 is 4.79 Å². The van der Waals surface area contributed by atoms with Gasteiger partial charge in [-0.1, -0.05) is 57.2 Å². The highest BCUT2D eigenvalue weighted by Gasteiger charge is 2.62. The highest BCUT2D eigenvalue weighted by atomic mass is 32.2. The molecule has 350 valence electrons. The van der Waals surface area contributed by atoms with Crippen molar-refractivity contribution in [2.24, 2.45) is 17.3 Å². The normalized spacial score (nSPS) is 23.6. The Morgan fingerprint density at radius 3 is 2.32 bits per heavy atom. The second-order valence-electron chi connectivity index (χ2n) is 19.9. The highest BCUT2D eigenvalue weighted by Crippen LogP contribution is 2.46. The van der Waals surface area contributed by atoms with Crippen LogP contribution in [0.25, 0.3) is 22.2 Å². The molecule has 0 radical (unpaired) electrons. The maximum atomic E-state index is 15.1. The lowest BCUT2D eigenvalue weighted by molar-refractivity contribution is -0.148. The molecule has 3 heterocycles. The first-order valence-electron chi connectivity index (χ1n) is 22.3. The van der Waals surface area contributed by atoms with Gasteiger partial charge in [0.15, 0.2) is 0 Å². The summed E-state index contributed by atoms with van der Waals surface area (Å²) < 4.78 is 45.8. The molecule has 5 amide bonds. The first-order valence-corrected chi connectivity index (χ1v) is 23.8. The van der Waals surface area contributed by atoms with Crippen LogP contribution in [0.4, 0.5) is 4.79 Å². The Morgan fingerprint density at radius 1 is 1.00 bits per heavy atom. The summed E-state index contributed by atoms with van der Waals surface area (Å²) >= 11 is 0. The number of pyridine rings is 1. The molecular formula is C48H62N6O10S. The van der Waals surface area contributed by atoms with Crippen molar-refractivity contribution in [1.82, 2.24) is 29.7 Å². The Bertz CT molecular complexity index is 2460. The third kappa shape index (κ3) is 10.4. The number of nitrogens with zero attached hydrogens (tertiary/aromatic N) is 4.